The monoisotopic (exact) mass is 368 g/mol. The molecule has 1 N–H and O–H groups in total. The molecular weight excluding hydrogens is 343 g/mol. The van der Waals surface area contributed by atoms with Crippen LogP contribution in [0.4, 0.5) is 4.39 Å². The van der Waals surface area contributed by atoms with Crippen LogP contribution in [0.2, 0.25) is 0 Å². The van der Waals surface area contributed by atoms with E-state index in [1.807, 2.05) is 50.2 Å². The van der Waals surface area contributed by atoms with Crippen LogP contribution in [-0.2, 0) is 16.1 Å². The summed E-state index contributed by atoms with van der Waals surface area (Å²) < 4.78 is 13.7. The Morgan fingerprint density at radius 2 is 1.85 bits per heavy atom. The summed E-state index contributed by atoms with van der Waals surface area (Å²) in [5, 5.41) is 2.97. The van der Waals surface area contributed by atoms with Gasteiger partial charge in [-0.05, 0) is 23.3 Å². The SMILES string of the molecule is CC(C)C(=O)N1C[C@H](C(=O)NCc2ccccc2)[C@@H](c2cccc(F)c2)C1. The van der Waals surface area contributed by atoms with Crippen LogP contribution in [0.1, 0.15) is 30.9 Å². The van der Waals surface area contributed by atoms with Crippen LogP contribution < -0.4 is 5.32 Å². The van der Waals surface area contributed by atoms with E-state index in [4.69, 9.17) is 0 Å². The van der Waals surface area contributed by atoms with E-state index in [2.05, 4.69) is 5.32 Å². The molecule has 142 valence electrons. The second kappa shape index (κ2) is 8.33. The molecule has 2 amide bonds. The summed E-state index contributed by atoms with van der Waals surface area (Å²) >= 11 is 0. The maximum absolute atomic E-state index is 13.7. The van der Waals surface area contributed by atoms with Gasteiger partial charge >= 0.3 is 0 Å². The predicted molar refractivity (Wildman–Crippen MR) is 102 cm³/mol. The van der Waals surface area contributed by atoms with Gasteiger partial charge in [-0.2, -0.15) is 0 Å². The standard InChI is InChI=1S/C22H25FN2O2/c1-15(2)22(27)25-13-19(17-9-6-10-18(23)11-17)20(14-25)21(26)24-12-16-7-4-3-5-8-16/h3-11,15,19-20H,12-14H2,1-2H3,(H,24,26)/t19-,20+/m1/s1. The van der Waals surface area contributed by atoms with Gasteiger partial charge < -0.3 is 10.2 Å². The number of carbonyl (C=O) groups is 2. The number of rotatable bonds is 5. The second-order valence-electron chi connectivity index (χ2n) is 7.37. The molecular formula is C22H25FN2O2. The van der Waals surface area contributed by atoms with Crippen LogP contribution in [0.3, 0.4) is 0 Å². The summed E-state index contributed by atoms with van der Waals surface area (Å²) in [6.07, 6.45) is 0. The Labute approximate surface area is 159 Å². The molecule has 27 heavy (non-hydrogen) atoms. The molecule has 5 heteroatoms. The zero-order valence-electron chi connectivity index (χ0n) is 15.7. The predicted octanol–water partition coefficient (Wildman–Crippen LogP) is 3.34. The van der Waals surface area contributed by atoms with Crippen LogP contribution in [0.15, 0.2) is 54.6 Å². The van der Waals surface area contributed by atoms with Crippen molar-refractivity contribution in [2.45, 2.75) is 26.3 Å². The second-order valence-corrected chi connectivity index (χ2v) is 7.37. The number of amides is 2. The van der Waals surface area contributed by atoms with Crippen LogP contribution >= 0.6 is 0 Å². The number of likely N-dealkylation sites (tertiary alicyclic amines) is 1. The fourth-order valence-corrected chi connectivity index (χ4v) is 3.61. The minimum Gasteiger partial charge on any atom is -0.352 e. The van der Waals surface area contributed by atoms with Crippen LogP contribution in [0.5, 0.6) is 0 Å². The molecule has 0 unspecified atom stereocenters. The third-order valence-electron chi connectivity index (χ3n) is 5.05. The van der Waals surface area contributed by atoms with Gasteiger partial charge in [0.15, 0.2) is 0 Å². The summed E-state index contributed by atoms with van der Waals surface area (Å²) in [5.74, 6) is -1.15. The summed E-state index contributed by atoms with van der Waals surface area (Å²) in [6, 6.07) is 16.0. The molecule has 1 heterocycles. The van der Waals surface area contributed by atoms with Gasteiger partial charge in [0.1, 0.15) is 5.82 Å². The summed E-state index contributed by atoms with van der Waals surface area (Å²) in [6.45, 7) is 4.93. The van der Waals surface area contributed by atoms with E-state index in [1.165, 1.54) is 12.1 Å². The van der Waals surface area contributed by atoms with Gasteiger partial charge in [-0.15, -0.1) is 0 Å². The molecule has 3 rings (SSSR count). The summed E-state index contributed by atoms with van der Waals surface area (Å²) in [7, 11) is 0. The van der Waals surface area contributed by atoms with Crippen molar-refractivity contribution in [2.24, 2.45) is 11.8 Å². The fraction of sp³-hybridized carbons (Fsp3) is 0.364. The van der Waals surface area contributed by atoms with E-state index < -0.39 is 5.92 Å². The molecule has 0 spiro atoms. The number of nitrogens with zero attached hydrogens (tertiary/aromatic N) is 1. The lowest BCUT2D eigenvalue weighted by Gasteiger charge is -2.18. The molecule has 1 saturated heterocycles. The smallest absolute Gasteiger partial charge is 0.225 e. The number of carbonyl (C=O) groups excluding carboxylic acids is 2. The van der Waals surface area contributed by atoms with E-state index in [1.54, 1.807) is 11.0 Å². The molecule has 2 atom stereocenters. The quantitative estimate of drug-likeness (QED) is 0.880. The lowest BCUT2D eigenvalue weighted by molar-refractivity contribution is -0.133. The van der Waals surface area contributed by atoms with E-state index in [0.29, 0.717) is 19.6 Å². The first-order valence-electron chi connectivity index (χ1n) is 9.31. The lowest BCUT2D eigenvalue weighted by atomic mass is 9.88. The van der Waals surface area contributed by atoms with Crippen LogP contribution in [-0.4, -0.2) is 29.8 Å². The Kier molecular flexibility index (Phi) is 5.89. The molecule has 1 fully saturated rings. The number of halogens is 1. The first-order chi connectivity index (χ1) is 13.0. The number of hydrogen-bond acceptors (Lipinski definition) is 2. The lowest BCUT2D eigenvalue weighted by Crippen LogP contribution is -2.36. The highest BCUT2D eigenvalue weighted by atomic mass is 19.1. The van der Waals surface area contributed by atoms with Gasteiger partial charge in [0.2, 0.25) is 11.8 Å². The summed E-state index contributed by atoms with van der Waals surface area (Å²) in [5.41, 5.74) is 1.77. The molecule has 4 nitrogen and oxygen atoms in total. The van der Waals surface area contributed by atoms with E-state index >= 15 is 0 Å². The summed E-state index contributed by atoms with van der Waals surface area (Å²) in [4.78, 5) is 27.1. The van der Waals surface area contributed by atoms with Gasteiger partial charge in [-0.25, -0.2) is 4.39 Å². The van der Waals surface area contributed by atoms with E-state index in [9.17, 15) is 14.0 Å². The van der Waals surface area contributed by atoms with E-state index in [0.717, 1.165) is 11.1 Å². The van der Waals surface area contributed by atoms with Crippen molar-refractivity contribution in [1.82, 2.24) is 10.2 Å². The van der Waals surface area contributed by atoms with Crippen molar-refractivity contribution in [3.05, 3.63) is 71.5 Å². The van der Waals surface area contributed by atoms with E-state index in [-0.39, 0.29) is 29.5 Å². The minimum atomic E-state index is -0.391. The number of nitrogens with one attached hydrogen (secondary N) is 1. The highest BCUT2D eigenvalue weighted by molar-refractivity contribution is 5.84. The molecule has 2 aromatic rings. The first kappa shape index (κ1) is 19.1. The van der Waals surface area contributed by atoms with Crippen LogP contribution in [0, 0.1) is 17.7 Å². The largest absolute Gasteiger partial charge is 0.352 e. The third kappa shape index (κ3) is 4.54. The number of hydrogen-bond donors (Lipinski definition) is 1. The van der Waals surface area contributed by atoms with Gasteiger partial charge in [-0.1, -0.05) is 56.3 Å². The molecule has 0 saturated carbocycles. The van der Waals surface area contributed by atoms with Gasteiger partial charge in [0.25, 0.3) is 0 Å². The number of benzene rings is 2. The normalized spacial score (nSPS) is 19.3. The van der Waals surface area contributed by atoms with Crippen LogP contribution in [0.25, 0.3) is 0 Å². The molecule has 1 aliphatic heterocycles. The van der Waals surface area contributed by atoms with Crippen molar-refractivity contribution in [3.8, 4) is 0 Å². The molecule has 0 aromatic heterocycles. The Hall–Kier alpha value is -2.69. The van der Waals surface area contributed by atoms with Crippen molar-refractivity contribution in [1.29, 1.82) is 0 Å². The fourth-order valence-electron chi connectivity index (χ4n) is 3.61. The molecule has 2 aromatic carbocycles. The minimum absolute atomic E-state index is 0.0229. The molecule has 0 radical (unpaired) electrons. The molecule has 0 bridgehead atoms. The average molecular weight is 368 g/mol. The molecule has 0 aliphatic carbocycles. The maximum atomic E-state index is 13.7. The van der Waals surface area contributed by atoms with Crippen molar-refractivity contribution in [2.75, 3.05) is 13.1 Å². The topological polar surface area (TPSA) is 49.4 Å². The van der Waals surface area contributed by atoms with Crippen molar-refractivity contribution in [3.63, 3.8) is 0 Å². The van der Waals surface area contributed by atoms with Gasteiger partial charge in [0.05, 0.1) is 5.92 Å². The first-order valence-corrected chi connectivity index (χ1v) is 9.31. The van der Waals surface area contributed by atoms with Crippen molar-refractivity contribution >= 4 is 11.8 Å². The zero-order valence-corrected chi connectivity index (χ0v) is 15.7. The maximum Gasteiger partial charge on any atom is 0.225 e. The Bertz CT molecular complexity index is 807. The average Bonchev–Trinajstić information content (AvgIpc) is 3.11. The highest BCUT2D eigenvalue weighted by Gasteiger charge is 2.40. The van der Waals surface area contributed by atoms with Gasteiger partial charge in [0, 0.05) is 31.5 Å². The van der Waals surface area contributed by atoms with Crippen molar-refractivity contribution < 1.29 is 14.0 Å². The van der Waals surface area contributed by atoms with Gasteiger partial charge in [-0.3, -0.25) is 9.59 Å². The Balaban J connectivity index is 1.78. The zero-order chi connectivity index (χ0) is 19.4. The molecule has 1 aliphatic rings. The highest BCUT2D eigenvalue weighted by Crippen LogP contribution is 2.34. The Morgan fingerprint density at radius 3 is 2.52 bits per heavy atom. The Morgan fingerprint density at radius 1 is 1.11 bits per heavy atom. The third-order valence-corrected chi connectivity index (χ3v) is 5.05.